The van der Waals surface area contributed by atoms with E-state index in [0.717, 1.165) is 21.8 Å². The van der Waals surface area contributed by atoms with Gasteiger partial charge in [0.2, 0.25) is 0 Å². The molecule has 2 heterocycles. The van der Waals surface area contributed by atoms with E-state index in [1.54, 1.807) is 24.3 Å². The number of para-hydroxylation sites is 1. The molecular weight excluding hydrogens is 404 g/mol. The lowest BCUT2D eigenvalue weighted by Gasteiger charge is -2.16. The normalized spacial score (nSPS) is 11.5. The minimum absolute atomic E-state index is 0.336. The predicted molar refractivity (Wildman–Crippen MR) is 113 cm³/mol. The number of hydrazine groups is 1. The average molecular weight is 424 g/mol. The Bertz CT molecular complexity index is 1110. The molecule has 8 heteroatoms. The number of carbonyl (C=O) groups is 2. The van der Waals surface area contributed by atoms with E-state index in [9.17, 15) is 9.59 Å². The van der Waals surface area contributed by atoms with Crippen molar-refractivity contribution < 1.29 is 23.8 Å². The third kappa shape index (κ3) is 3.81. The molecule has 0 saturated heterocycles. The summed E-state index contributed by atoms with van der Waals surface area (Å²) in [5.41, 5.74) is 7.16. The maximum atomic E-state index is 12.6. The van der Waals surface area contributed by atoms with Crippen LogP contribution in [0.4, 0.5) is 0 Å². The number of methoxy groups -OCH3 is 1. The van der Waals surface area contributed by atoms with Crippen LogP contribution in [0.15, 0.2) is 48.5 Å². The van der Waals surface area contributed by atoms with E-state index in [0.29, 0.717) is 35.2 Å². The highest BCUT2D eigenvalue weighted by Crippen LogP contribution is 2.42. The highest BCUT2D eigenvalue weighted by Gasteiger charge is 2.22. The first kappa shape index (κ1) is 19.8. The highest BCUT2D eigenvalue weighted by molar-refractivity contribution is 7.17. The quantitative estimate of drug-likeness (QED) is 0.609. The minimum Gasteiger partial charge on any atom is -0.493 e. The number of nitrogens with one attached hydrogen (secondary N) is 2. The van der Waals surface area contributed by atoms with E-state index in [1.165, 1.54) is 18.4 Å². The van der Waals surface area contributed by atoms with E-state index >= 15 is 0 Å². The van der Waals surface area contributed by atoms with Crippen molar-refractivity contribution in [1.82, 2.24) is 10.9 Å². The number of hydrogen-bond acceptors (Lipinski definition) is 6. The summed E-state index contributed by atoms with van der Waals surface area (Å²) >= 11 is 1.37. The van der Waals surface area contributed by atoms with E-state index in [2.05, 4.69) is 10.9 Å². The van der Waals surface area contributed by atoms with Gasteiger partial charge in [-0.25, -0.2) is 0 Å². The monoisotopic (exact) mass is 424 g/mol. The number of rotatable bonds is 5. The van der Waals surface area contributed by atoms with Gasteiger partial charge < -0.3 is 14.2 Å². The van der Waals surface area contributed by atoms with Crippen LogP contribution in [0.25, 0.3) is 10.4 Å². The fourth-order valence-electron chi connectivity index (χ4n) is 3.14. The van der Waals surface area contributed by atoms with Crippen molar-refractivity contribution in [3.05, 3.63) is 64.5 Å². The van der Waals surface area contributed by atoms with Crippen LogP contribution >= 0.6 is 11.3 Å². The molecule has 0 saturated carbocycles. The van der Waals surface area contributed by atoms with Gasteiger partial charge in [0.1, 0.15) is 12.4 Å². The van der Waals surface area contributed by atoms with Crippen molar-refractivity contribution in [2.75, 3.05) is 13.7 Å². The second kappa shape index (κ2) is 8.46. The number of fused-ring (bicyclic) bond motifs is 3. The molecule has 1 aliphatic rings. The Balaban J connectivity index is 1.45. The van der Waals surface area contributed by atoms with Crippen LogP contribution in [0.3, 0.4) is 0 Å². The van der Waals surface area contributed by atoms with Gasteiger partial charge in [-0.1, -0.05) is 12.1 Å². The third-order valence-corrected chi connectivity index (χ3v) is 5.77. The Morgan fingerprint density at radius 2 is 1.87 bits per heavy atom. The molecule has 4 rings (SSSR count). The predicted octanol–water partition coefficient (Wildman–Crippen LogP) is 3.79. The van der Waals surface area contributed by atoms with Crippen molar-refractivity contribution in [2.45, 2.75) is 13.5 Å². The maximum Gasteiger partial charge on any atom is 0.279 e. The number of carbonyl (C=O) groups excluding carboxylic acids is 2. The Kier molecular flexibility index (Phi) is 5.58. The number of thiophene rings is 1. The second-order valence-electron chi connectivity index (χ2n) is 6.46. The van der Waals surface area contributed by atoms with Gasteiger partial charge in [-0.15, -0.1) is 11.3 Å². The number of ether oxygens (including phenoxy) is 3. The van der Waals surface area contributed by atoms with Gasteiger partial charge in [0, 0.05) is 21.6 Å². The lowest BCUT2D eigenvalue weighted by Crippen LogP contribution is -2.41. The molecule has 7 nitrogen and oxygen atoms in total. The summed E-state index contributed by atoms with van der Waals surface area (Å²) < 4.78 is 16.4. The van der Waals surface area contributed by atoms with Gasteiger partial charge in [-0.05, 0) is 43.3 Å². The first-order chi connectivity index (χ1) is 14.6. The number of hydrogen-bond donors (Lipinski definition) is 2. The summed E-state index contributed by atoms with van der Waals surface area (Å²) in [5.74, 6) is 0.946. The summed E-state index contributed by atoms with van der Waals surface area (Å²) in [6, 6.07) is 14.3. The zero-order valence-electron chi connectivity index (χ0n) is 16.5. The Hall–Kier alpha value is -3.52. The van der Waals surface area contributed by atoms with Gasteiger partial charge >= 0.3 is 0 Å². The van der Waals surface area contributed by atoms with Crippen LogP contribution in [0, 0.1) is 0 Å². The first-order valence-corrected chi connectivity index (χ1v) is 10.2. The van der Waals surface area contributed by atoms with Crippen molar-refractivity contribution in [3.8, 4) is 27.7 Å². The lowest BCUT2D eigenvalue weighted by atomic mass is 10.1. The standard InChI is InChI=1S/C22H20N2O5S/c1-3-28-17-9-8-13(10-18(17)27-2)21(25)23-24-22(26)19-11-14-12-29-16-7-5-4-6-15(16)20(14)30-19/h4-11H,3,12H2,1-2H3,(H,23,25)(H,24,26). The summed E-state index contributed by atoms with van der Waals surface area (Å²) in [7, 11) is 1.50. The van der Waals surface area contributed by atoms with Crippen LogP contribution < -0.4 is 25.1 Å². The van der Waals surface area contributed by atoms with E-state index in [-0.39, 0.29) is 0 Å². The van der Waals surface area contributed by atoms with Gasteiger partial charge in [0.25, 0.3) is 11.8 Å². The Labute approximate surface area is 177 Å². The summed E-state index contributed by atoms with van der Waals surface area (Å²) in [5, 5.41) is 0. The number of benzene rings is 2. The average Bonchev–Trinajstić information content (AvgIpc) is 3.23. The van der Waals surface area contributed by atoms with Gasteiger partial charge in [-0.3, -0.25) is 20.4 Å². The molecule has 0 atom stereocenters. The van der Waals surface area contributed by atoms with Crippen molar-refractivity contribution in [2.24, 2.45) is 0 Å². The minimum atomic E-state index is -0.459. The van der Waals surface area contributed by atoms with Crippen LogP contribution in [0.2, 0.25) is 0 Å². The molecule has 0 fully saturated rings. The van der Waals surface area contributed by atoms with Crippen LogP contribution in [-0.4, -0.2) is 25.5 Å². The molecule has 2 amide bonds. The molecule has 2 aromatic carbocycles. The molecule has 0 unspecified atom stereocenters. The van der Waals surface area contributed by atoms with Crippen molar-refractivity contribution in [1.29, 1.82) is 0 Å². The molecule has 0 radical (unpaired) electrons. The Morgan fingerprint density at radius 1 is 1.07 bits per heavy atom. The summed E-state index contributed by atoms with van der Waals surface area (Å²) in [6.45, 7) is 2.76. The zero-order valence-corrected chi connectivity index (χ0v) is 17.3. The first-order valence-electron chi connectivity index (χ1n) is 9.37. The highest BCUT2D eigenvalue weighted by atomic mass is 32.1. The molecule has 30 heavy (non-hydrogen) atoms. The van der Waals surface area contributed by atoms with Gasteiger partial charge in [0.15, 0.2) is 11.5 Å². The largest absolute Gasteiger partial charge is 0.493 e. The third-order valence-electron chi connectivity index (χ3n) is 4.56. The van der Waals surface area contributed by atoms with Crippen molar-refractivity contribution in [3.63, 3.8) is 0 Å². The molecule has 0 aliphatic carbocycles. The van der Waals surface area contributed by atoms with Crippen LogP contribution in [-0.2, 0) is 6.61 Å². The SMILES string of the molecule is CCOc1ccc(C(=O)NNC(=O)c2cc3c(s2)-c2ccccc2OC3)cc1OC. The molecule has 1 aliphatic heterocycles. The Morgan fingerprint density at radius 3 is 2.67 bits per heavy atom. The lowest BCUT2D eigenvalue weighted by molar-refractivity contribution is 0.0848. The van der Waals surface area contributed by atoms with Crippen LogP contribution in [0.5, 0.6) is 17.2 Å². The van der Waals surface area contributed by atoms with E-state index in [4.69, 9.17) is 14.2 Å². The fraction of sp³-hybridized carbons (Fsp3) is 0.182. The topological polar surface area (TPSA) is 85.9 Å². The zero-order chi connectivity index (χ0) is 21.1. The molecule has 154 valence electrons. The molecule has 0 bridgehead atoms. The number of amides is 2. The second-order valence-corrected chi connectivity index (χ2v) is 7.51. The fourth-order valence-corrected chi connectivity index (χ4v) is 4.23. The molecule has 1 aromatic heterocycles. The molecular formula is C22H20N2O5S. The van der Waals surface area contributed by atoms with Gasteiger partial charge in [0.05, 0.1) is 18.6 Å². The summed E-state index contributed by atoms with van der Waals surface area (Å²) in [6.07, 6.45) is 0. The van der Waals surface area contributed by atoms with Gasteiger partial charge in [-0.2, -0.15) is 0 Å². The molecule has 3 aromatic rings. The van der Waals surface area contributed by atoms with E-state index < -0.39 is 11.8 Å². The summed E-state index contributed by atoms with van der Waals surface area (Å²) in [4.78, 5) is 26.5. The van der Waals surface area contributed by atoms with Crippen LogP contribution in [0.1, 0.15) is 32.5 Å². The molecule has 2 N–H and O–H groups in total. The smallest absolute Gasteiger partial charge is 0.279 e. The molecule has 0 spiro atoms. The van der Waals surface area contributed by atoms with Crippen molar-refractivity contribution >= 4 is 23.2 Å². The van der Waals surface area contributed by atoms with E-state index in [1.807, 2.05) is 31.2 Å². The maximum absolute atomic E-state index is 12.6.